The molecule has 0 bridgehead atoms. The normalized spacial score (nSPS) is 21.1. The third-order valence-electron chi connectivity index (χ3n) is 4.74. The highest BCUT2D eigenvalue weighted by Gasteiger charge is 2.32. The third-order valence-corrected chi connectivity index (χ3v) is 5.82. The topological polar surface area (TPSA) is 82.9 Å². The minimum absolute atomic E-state index is 0.0801. The molecule has 2 aromatic rings. The van der Waals surface area contributed by atoms with E-state index < -0.39 is 17.0 Å². The summed E-state index contributed by atoms with van der Waals surface area (Å²) in [6, 6.07) is 14.0. The van der Waals surface area contributed by atoms with Gasteiger partial charge in [0.25, 0.3) is 0 Å². The largest absolute Gasteiger partial charge is 0.324 e. The monoisotopic (exact) mass is 410 g/mol. The summed E-state index contributed by atoms with van der Waals surface area (Å²) in [7, 11) is 0. The van der Waals surface area contributed by atoms with Gasteiger partial charge in [-0.15, -0.1) is 5.10 Å². The van der Waals surface area contributed by atoms with Crippen LogP contribution in [0.2, 0.25) is 0 Å². The van der Waals surface area contributed by atoms with Crippen molar-refractivity contribution in [3.63, 3.8) is 0 Å². The summed E-state index contributed by atoms with van der Waals surface area (Å²) in [5.74, 6) is -1.26. The van der Waals surface area contributed by atoms with Crippen LogP contribution < -0.4 is 10.6 Å². The van der Waals surface area contributed by atoms with Crippen LogP contribution in [0, 0.1) is 5.82 Å². The molecule has 1 saturated heterocycles. The van der Waals surface area contributed by atoms with Gasteiger partial charge in [0.15, 0.2) is 5.17 Å². The smallest absolute Gasteiger partial charge is 0.240 e. The zero-order valence-corrected chi connectivity index (χ0v) is 16.3. The van der Waals surface area contributed by atoms with E-state index in [2.05, 4.69) is 26.9 Å². The van der Waals surface area contributed by atoms with Gasteiger partial charge >= 0.3 is 0 Å². The summed E-state index contributed by atoms with van der Waals surface area (Å²) in [6.45, 7) is 0. The van der Waals surface area contributed by atoms with Crippen molar-refractivity contribution in [1.29, 1.82) is 0 Å². The van der Waals surface area contributed by atoms with E-state index in [9.17, 15) is 14.0 Å². The lowest BCUT2D eigenvalue weighted by molar-refractivity contribution is -0.122. The lowest BCUT2D eigenvalue weighted by Crippen LogP contribution is -2.28. The van der Waals surface area contributed by atoms with E-state index >= 15 is 0 Å². The van der Waals surface area contributed by atoms with E-state index in [4.69, 9.17) is 0 Å². The van der Waals surface area contributed by atoms with Gasteiger partial charge in [-0.25, -0.2) is 4.39 Å². The summed E-state index contributed by atoms with van der Waals surface area (Å²) in [5, 5.41) is 13.4. The first-order chi connectivity index (χ1) is 14.1. The Bertz CT molecular complexity index is 1020. The predicted octanol–water partition coefficient (Wildman–Crippen LogP) is 3.48. The van der Waals surface area contributed by atoms with Crippen molar-refractivity contribution in [1.82, 2.24) is 5.32 Å². The first-order valence-electron chi connectivity index (χ1n) is 9.35. The average Bonchev–Trinajstić information content (AvgIpc) is 3.07. The van der Waals surface area contributed by atoms with Gasteiger partial charge in [0.1, 0.15) is 11.1 Å². The van der Waals surface area contributed by atoms with Crippen LogP contribution in [0.4, 0.5) is 10.1 Å². The Balaban J connectivity index is 1.41. The van der Waals surface area contributed by atoms with Gasteiger partial charge < -0.3 is 10.6 Å². The molecule has 8 heteroatoms. The Labute approximate surface area is 171 Å². The molecule has 2 aromatic carbocycles. The number of benzene rings is 2. The first kappa shape index (κ1) is 19.3. The molecule has 1 aliphatic carbocycles. The zero-order chi connectivity index (χ0) is 20.2. The number of rotatable bonds is 4. The van der Waals surface area contributed by atoms with Crippen molar-refractivity contribution in [2.24, 2.45) is 10.2 Å². The number of amides is 2. The van der Waals surface area contributed by atoms with Gasteiger partial charge in [0.05, 0.1) is 11.4 Å². The fourth-order valence-corrected chi connectivity index (χ4v) is 4.25. The molecule has 0 aromatic heterocycles. The van der Waals surface area contributed by atoms with Crippen LogP contribution in [0.1, 0.15) is 30.4 Å². The number of hydrogen-bond donors (Lipinski definition) is 2. The fourth-order valence-electron chi connectivity index (χ4n) is 3.33. The van der Waals surface area contributed by atoms with Crippen LogP contribution in [-0.2, 0) is 16.0 Å². The molecule has 1 unspecified atom stereocenters. The first-order valence-corrected chi connectivity index (χ1v) is 10.2. The molecule has 2 amide bonds. The van der Waals surface area contributed by atoms with Crippen LogP contribution in [0.15, 0.2) is 58.7 Å². The minimum Gasteiger partial charge on any atom is -0.324 e. The average molecular weight is 410 g/mol. The maximum absolute atomic E-state index is 13.7. The highest BCUT2D eigenvalue weighted by atomic mass is 32.2. The molecule has 1 heterocycles. The minimum atomic E-state index is -0.626. The number of fused-ring (bicyclic) bond motifs is 1. The number of anilines is 1. The van der Waals surface area contributed by atoms with Crippen LogP contribution in [-0.4, -0.2) is 27.9 Å². The maximum atomic E-state index is 13.7. The number of nitrogens with zero attached hydrogens (tertiary/aromatic N) is 2. The van der Waals surface area contributed by atoms with Gasteiger partial charge in [0.2, 0.25) is 11.8 Å². The number of hydrogen-bond acceptors (Lipinski definition) is 5. The summed E-state index contributed by atoms with van der Waals surface area (Å²) < 4.78 is 13.7. The fraction of sp³-hybridized carbons (Fsp3) is 0.238. The number of para-hydroxylation sites is 1. The standard InChI is InChI=1S/C21H19FN4O2S/c22-15-9-3-4-10-17(15)23-19(27)12-18-20(28)24-21(29-18)26-25-16-11-5-7-13-6-1-2-8-14(13)16/h1-4,6,8-10,18H,5,7,11-12H2,(H,23,27)(H,24,26,28). The van der Waals surface area contributed by atoms with Gasteiger partial charge in [-0.1, -0.05) is 48.2 Å². The van der Waals surface area contributed by atoms with Crippen LogP contribution in [0.25, 0.3) is 0 Å². The molecule has 2 N–H and O–H groups in total. The van der Waals surface area contributed by atoms with Crippen molar-refractivity contribution in [3.8, 4) is 0 Å². The van der Waals surface area contributed by atoms with Gasteiger partial charge in [-0.2, -0.15) is 5.10 Å². The Morgan fingerprint density at radius 3 is 2.79 bits per heavy atom. The second-order valence-electron chi connectivity index (χ2n) is 6.79. The van der Waals surface area contributed by atoms with E-state index in [-0.39, 0.29) is 18.0 Å². The van der Waals surface area contributed by atoms with Crippen molar-refractivity contribution in [2.75, 3.05) is 5.32 Å². The maximum Gasteiger partial charge on any atom is 0.240 e. The molecule has 0 spiro atoms. The predicted molar refractivity (Wildman–Crippen MR) is 113 cm³/mol. The van der Waals surface area contributed by atoms with Crippen LogP contribution in [0.5, 0.6) is 0 Å². The third kappa shape index (κ3) is 4.54. The Morgan fingerprint density at radius 1 is 1.14 bits per heavy atom. The molecule has 0 radical (unpaired) electrons. The molecule has 6 nitrogen and oxygen atoms in total. The molecule has 1 atom stereocenters. The number of halogens is 1. The van der Waals surface area contributed by atoms with Crippen molar-refractivity contribution in [3.05, 3.63) is 65.5 Å². The van der Waals surface area contributed by atoms with Crippen molar-refractivity contribution < 1.29 is 14.0 Å². The molecular weight excluding hydrogens is 391 g/mol. The molecule has 0 saturated carbocycles. The van der Waals surface area contributed by atoms with Crippen molar-refractivity contribution in [2.45, 2.75) is 30.9 Å². The van der Waals surface area contributed by atoms with E-state index in [0.29, 0.717) is 5.17 Å². The number of aryl methyl sites for hydroxylation is 1. The van der Waals surface area contributed by atoms with Crippen LogP contribution >= 0.6 is 11.8 Å². The summed E-state index contributed by atoms with van der Waals surface area (Å²) in [6.07, 6.45) is 2.79. The molecule has 1 aliphatic heterocycles. The SMILES string of the molecule is O=C(CC1SC(=NN=C2CCCc3ccccc32)NC1=O)Nc1ccccc1F. The summed E-state index contributed by atoms with van der Waals surface area (Å²) in [5.41, 5.74) is 3.34. The van der Waals surface area contributed by atoms with E-state index in [0.717, 1.165) is 42.3 Å². The van der Waals surface area contributed by atoms with Gasteiger partial charge in [-0.3, -0.25) is 9.59 Å². The van der Waals surface area contributed by atoms with Gasteiger partial charge in [0, 0.05) is 12.0 Å². The van der Waals surface area contributed by atoms with Crippen LogP contribution in [0.3, 0.4) is 0 Å². The molecule has 29 heavy (non-hydrogen) atoms. The Kier molecular flexibility index (Phi) is 5.71. The molecule has 2 aliphatic rings. The quantitative estimate of drug-likeness (QED) is 0.757. The number of amidine groups is 1. The van der Waals surface area contributed by atoms with E-state index in [1.54, 1.807) is 12.1 Å². The Morgan fingerprint density at radius 2 is 1.93 bits per heavy atom. The second-order valence-corrected chi connectivity index (χ2v) is 7.98. The molecular formula is C21H19FN4O2S. The summed E-state index contributed by atoms with van der Waals surface area (Å²) in [4.78, 5) is 24.4. The summed E-state index contributed by atoms with van der Waals surface area (Å²) >= 11 is 1.16. The zero-order valence-electron chi connectivity index (χ0n) is 15.5. The highest BCUT2D eigenvalue weighted by molar-refractivity contribution is 8.15. The Hall–Kier alpha value is -3.00. The van der Waals surface area contributed by atoms with Crippen molar-refractivity contribution >= 4 is 40.1 Å². The molecule has 148 valence electrons. The molecule has 1 fully saturated rings. The lowest BCUT2D eigenvalue weighted by Gasteiger charge is -2.16. The molecule has 4 rings (SSSR count). The number of carbonyl (C=O) groups excluding carboxylic acids is 2. The second kappa shape index (κ2) is 8.57. The number of thioether (sulfide) groups is 1. The lowest BCUT2D eigenvalue weighted by atomic mass is 9.90. The van der Waals surface area contributed by atoms with E-state index in [1.807, 2.05) is 18.2 Å². The van der Waals surface area contributed by atoms with Gasteiger partial charge in [-0.05, 0) is 37.0 Å². The van der Waals surface area contributed by atoms with E-state index in [1.165, 1.54) is 17.7 Å². The number of carbonyl (C=O) groups is 2. The highest BCUT2D eigenvalue weighted by Crippen LogP contribution is 2.25. The number of nitrogens with one attached hydrogen (secondary N) is 2.